The van der Waals surface area contributed by atoms with Gasteiger partial charge in [0.05, 0.1) is 7.11 Å². The van der Waals surface area contributed by atoms with E-state index >= 15 is 0 Å². The molecule has 29 heavy (non-hydrogen) atoms. The van der Waals surface area contributed by atoms with E-state index in [1.807, 2.05) is 6.92 Å². The van der Waals surface area contributed by atoms with E-state index in [1.165, 1.54) is 0 Å². The topological polar surface area (TPSA) is 87.7 Å². The molecule has 0 bridgehead atoms. The van der Waals surface area contributed by atoms with Gasteiger partial charge in [-0.2, -0.15) is 0 Å². The molecule has 1 atom stereocenters. The number of imide groups is 1. The maximum absolute atomic E-state index is 13.1. The Balaban J connectivity index is 1.77. The quantitative estimate of drug-likeness (QED) is 0.707. The molecule has 0 spiro atoms. The summed E-state index contributed by atoms with van der Waals surface area (Å²) in [4.78, 5) is 39.0. The van der Waals surface area contributed by atoms with E-state index in [0.717, 1.165) is 10.5 Å². The zero-order valence-corrected chi connectivity index (χ0v) is 17.2. The summed E-state index contributed by atoms with van der Waals surface area (Å²) in [5, 5.41) is 5.93. The summed E-state index contributed by atoms with van der Waals surface area (Å²) in [6.07, 6.45) is 0.343. The van der Waals surface area contributed by atoms with Crippen LogP contribution in [0.5, 0.6) is 5.75 Å². The molecule has 7 nitrogen and oxygen atoms in total. The van der Waals surface area contributed by atoms with Gasteiger partial charge in [-0.3, -0.25) is 14.5 Å². The van der Waals surface area contributed by atoms with E-state index < -0.39 is 29.9 Å². The van der Waals surface area contributed by atoms with Gasteiger partial charge in [0, 0.05) is 10.7 Å². The highest BCUT2D eigenvalue weighted by molar-refractivity contribution is 6.31. The number of methoxy groups -OCH3 is 1. The lowest BCUT2D eigenvalue weighted by Crippen LogP contribution is -2.44. The molecule has 8 heteroatoms. The molecule has 4 amide bonds. The normalized spacial score (nSPS) is 18.6. The molecule has 1 saturated heterocycles. The lowest BCUT2D eigenvalue weighted by molar-refractivity contribution is -0.134. The van der Waals surface area contributed by atoms with Crippen molar-refractivity contribution >= 4 is 35.1 Å². The second kappa shape index (κ2) is 8.13. The molecule has 2 N–H and O–H groups in total. The monoisotopic (exact) mass is 415 g/mol. The van der Waals surface area contributed by atoms with Crippen LogP contribution in [0.2, 0.25) is 5.02 Å². The Bertz CT molecular complexity index is 961. The van der Waals surface area contributed by atoms with Crippen LogP contribution in [0.4, 0.5) is 10.5 Å². The lowest BCUT2D eigenvalue weighted by atomic mass is 9.87. The molecule has 152 valence electrons. The van der Waals surface area contributed by atoms with Crippen LogP contribution >= 0.6 is 11.6 Å². The van der Waals surface area contributed by atoms with Crippen molar-refractivity contribution < 1.29 is 19.1 Å². The van der Waals surface area contributed by atoms with Crippen LogP contribution in [0.1, 0.15) is 24.5 Å². The van der Waals surface area contributed by atoms with Crippen molar-refractivity contribution in [1.82, 2.24) is 10.2 Å². The number of anilines is 1. The van der Waals surface area contributed by atoms with Gasteiger partial charge in [0.25, 0.3) is 5.91 Å². The fourth-order valence-electron chi connectivity index (χ4n) is 3.30. The molecular weight excluding hydrogens is 394 g/mol. The summed E-state index contributed by atoms with van der Waals surface area (Å²) < 4.78 is 5.15. The highest BCUT2D eigenvalue weighted by Gasteiger charge is 2.51. The second-order valence-corrected chi connectivity index (χ2v) is 7.23. The predicted octanol–water partition coefficient (Wildman–Crippen LogP) is 3.45. The van der Waals surface area contributed by atoms with Gasteiger partial charge in [-0.1, -0.05) is 36.7 Å². The Hall–Kier alpha value is -3.06. The third-order valence-electron chi connectivity index (χ3n) is 5.05. The summed E-state index contributed by atoms with van der Waals surface area (Å²) in [6, 6.07) is 11.4. The van der Waals surface area contributed by atoms with Gasteiger partial charge in [-0.05, 0) is 48.7 Å². The predicted molar refractivity (Wildman–Crippen MR) is 110 cm³/mol. The van der Waals surface area contributed by atoms with Crippen LogP contribution in [0.3, 0.4) is 0 Å². The van der Waals surface area contributed by atoms with Crippen LogP contribution in [0, 0.1) is 6.92 Å². The Morgan fingerprint density at radius 2 is 1.90 bits per heavy atom. The van der Waals surface area contributed by atoms with Gasteiger partial charge in [-0.15, -0.1) is 0 Å². The molecule has 0 aliphatic carbocycles. The Labute approximate surface area is 174 Å². The molecule has 0 radical (unpaired) electrons. The van der Waals surface area contributed by atoms with E-state index in [0.29, 0.717) is 28.4 Å². The number of aryl methyl sites for hydroxylation is 1. The van der Waals surface area contributed by atoms with Crippen LogP contribution in [0.25, 0.3) is 0 Å². The Morgan fingerprint density at radius 1 is 1.21 bits per heavy atom. The summed E-state index contributed by atoms with van der Waals surface area (Å²) in [5.74, 6) is -0.313. The number of amides is 4. The Kier molecular flexibility index (Phi) is 5.79. The molecule has 0 aromatic heterocycles. The fourth-order valence-corrected chi connectivity index (χ4v) is 3.48. The molecule has 1 fully saturated rings. The van der Waals surface area contributed by atoms with Gasteiger partial charge in [0.1, 0.15) is 17.8 Å². The van der Waals surface area contributed by atoms with Crippen LogP contribution in [-0.4, -0.2) is 36.4 Å². The van der Waals surface area contributed by atoms with E-state index in [2.05, 4.69) is 10.6 Å². The van der Waals surface area contributed by atoms with Crippen molar-refractivity contribution in [2.45, 2.75) is 25.8 Å². The van der Waals surface area contributed by atoms with Crippen LogP contribution < -0.4 is 15.4 Å². The van der Waals surface area contributed by atoms with Gasteiger partial charge < -0.3 is 15.4 Å². The highest BCUT2D eigenvalue weighted by atomic mass is 35.5. The van der Waals surface area contributed by atoms with Crippen molar-refractivity contribution in [2.75, 3.05) is 19.0 Å². The number of halogens is 1. The van der Waals surface area contributed by atoms with Crippen molar-refractivity contribution in [2.24, 2.45) is 0 Å². The molecule has 1 aliphatic heterocycles. The first kappa shape index (κ1) is 20.7. The number of carbonyl (C=O) groups is 3. The lowest BCUT2D eigenvalue weighted by Gasteiger charge is -2.26. The molecular formula is C21H22ClN3O4. The first-order chi connectivity index (χ1) is 13.8. The molecule has 2 aromatic carbocycles. The summed E-state index contributed by atoms with van der Waals surface area (Å²) in [7, 11) is 1.55. The number of hydrogen-bond donors (Lipinski definition) is 2. The number of hydrogen-bond acceptors (Lipinski definition) is 4. The van der Waals surface area contributed by atoms with Crippen molar-refractivity contribution in [3.05, 3.63) is 58.6 Å². The van der Waals surface area contributed by atoms with Gasteiger partial charge in [0.15, 0.2) is 0 Å². The minimum absolute atomic E-state index is 0.343. The number of nitrogens with one attached hydrogen (secondary N) is 2. The van der Waals surface area contributed by atoms with E-state index in [-0.39, 0.29) is 0 Å². The number of benzene rings is 2. The third-order valence-corrected chi connectivity index (χ3v) is 5.45. The van der Waals surface area contributed by atoms with Gasteiger partial charge >= 0.3 is 6.03 Å². The van der Waals surface area contributed by atoms with Crippen LogP contribution in [0.15, 0.2) is 42.5 Å². The van der Waals surface area contributed by atoms with Crippen LogP contribution in [-0.2, 0) is 15.1 Å². The number of ether oxygens (including phenoxy) is 1. The zero-order valence-electron chi connectivity index (χ0n) is 16.4. The van der Waals surface area contributed by atoms with Crippen molar-refractivity contribution in [3.63, 3.8) is 0 Å². The van der Waals surface area contributed by atoms with E-state index in [1.54, 1.807) is 56.5 Å². The van der Waals surface area contributed by atoms with Gasteiger partial charge in [-0.25, -0.2) is 4.79 Å². The second-order valence-electron chi connectivity index (χ2n) is 6.82. The minimum atomic E-state index is -1.21. The third kappa shape index (κ3) is 3.91. The molecule has 3 rings (SSSR count). The molecule has 1 heterocycles. The fraction of sp³-hybridized carbons (Fsp3) is 0.286. The zero-order chi connectivity index (χ0) is 21.2. The molecule has 1 aliphatic rings. The standard InChI is InChI=1S/C21H22ClN3O4/c1-4-21(14-6-9-16(29-3)10-7-14)19(27)25(20(28)24-21)12-18(26)23-15-8-5-13(2)17(22)11-15/h5-11H,4,12H2,1-3H3,(H,23,26)(H,24,28)/t21-/m1/s1. The smallest absolute Gasteiger partial charge is 0.325 e. The number of urea groups is 1. The first-order valence-corrected chi connectivity index (χ1v) is 9.53. The summed E-state index contributed by atoms with van der Waals surface area (Å²) in [6.45, 7) is 3.26. The average Bonchev–Trinajstić information content (AvgIpc) is 2.96. The Morgan fingerprint density at radius 3 is 2.48 bits per heavy atom. The van der Waals surface area contributed by atoms with Crippen molar-refractivity contribution in [1.29, 1.82) is 0 Å². The van der Waals surface area contributed by atoms with E-state index in [9.17, 15) is 14.4 Å². The maximum Gasteiger partial charge on any atom is 0.325 e. The minimum Gasteiger partial charge on any atom is -0.497 e. The first-order valence-electron chi connectivity index (χ1n) is 9.15. The molecule has 0 unspecified atom stereocenters. The number of nitrogens with zero attached hydrogens (tertiary/aromatic N) is 1. The maximum atomic E-state index is 13.1. The summed E-state index contributed by atoms with van der Waals surface area (Å²) in [5.41, 5.74) is 0.796. The number of carbonyl (C=O) groups excluding carboxylic acids is 3. The molecule has 0 saturated carbocycles. The van der Waals surface area contributed by atoms with E-state index in [4.69, 9.17) is 16.3 Å². The van der Waals surface area contributed by atoms with Crippen molar-refractivity contribution in [3.8, 4) is 5.75 Å². The molecule has 2 aromatic rings. The van der Waals surface area contributed by atoms with Gasteiger partial charge in [0.2, 0.25) is 5.91 Å². The average molecular weight is 416 g/mol. The number of rotatable bonds is 6. The highest BCUT2D eigenvalue weighted by Crippen LogP contribution is 2.33. The summed E-state index contributed by atoms with van der Waals surface area (Å²) >= 11 is 6.07. The SMILES string of the molecule is CC[C@]1(c2ccc(OC)cc2)NC(=O)N(CC(=O)Nc2ccc(C)c(Cl)c2)C1=O. The largest absolute Gasteiger partial charge is 0.497 e.